The molecule has 0 bridgehead atoms. The Kier molecular flexibility index (Phi) is 2.24. The number of aryl methyl sites for hydroxylation is 1. The van der Waals surface area contributed by atoms with Crippen molar-refractivity contribution < 1.29 is 4.68 Å². The van der Waals surface area contributed by atoms with Gasteiger partial charge in [0.1, 0.15) is 0 Å². The summed E-state index contributed by atoms with van der Waals surface area (Å²) in [7, 11) is 1.91. The Morgan fingerprint density at radius 1 is 1.31 bits per heavy atom. The number of nitrogens with zero attached hydrogens (tertiary/aromatic N) is 2. The minimum absolute atomic E-state index is 0.841. The van der Waals surface area contributed by atoms with Crippen LogP contribution in [0.3, 0.4) is 0 Å². The van der Waals surface area contributed by atoms with Crippen molar-refractivity contribution in [2.75, 3.05) is 0 Å². The van der Waals surface area contributed by atoms with Crippen LogP contribution in [-0.2, 0) is 19.7 Å². The Bertz CT molecular complexity index is 389. The van der Waals surface area contributed by atoms with E-state index in [4.69, 9.17) is 12.6 Å². The van der Waals surface area contributed by atoms with E-state index in [1.807, 2.05) is 42.1 Å². The van der Waals surface area contributed by atoms with Crippen LogP contribution in [0.15, 0.2) is 34.5 Å². The van der Waals surface area contributed by atoms with Gasteiger partial charge in [0.2, 0.25) is 5.69 Å². The highest BCUT2D eigenvalue weighted by Gasteiger charge is 2.11. The SMILES string of the molecule is C[n+]1nsc([S-])c1-c1ccccc1. The van der Waals surface area contributed by atoms with Crippen LogP contribution < -0.4 is 4.68 Å². The summed E-state index contributed by atoms with van der Waals surface area (Å²) in [5.74, 6) is 0. The summed E-state index contributed by atoms with van der Waals surface area (Å²) < 4.78 is 6.81. The number of benzene rings is 1. The van der Waals surface area contributed by atoms with E-state index in [1.165, 1.54) is 11.5 Å². The van der Waals surface area contributed by atoms with Crippen molar-refractivity contribution in [3.8, 4) is 11.3 Å². The predicted molar refractivity (Wildman–Crippen MR) is 54.4 cm³/mol. The molecule has 1 aromatic carbocycles. The van der Waals surface area contributed by atoms with Gasteiger partial charge in [-0.2, -0.15) is 11.5 Å². The van der Waals surface area contributed by atoms with Crippen molar-refractivity contribution in [1.29, 1.82) is 0 Å². The molecule has 0 atom stereocenters. The molecule has 2 aromatic rings. The molecule has 2 rings (SSSR count). The van der Waals surface area contributed by atoms with Crippen LogP contribution in [0.2, 0.25) is 0 Å². The quantitative estimate of drug-likeness (QED) is 0.522. The molecule has 2 nitrogen and oxygen atoms in total. The molecule has 0 aliphatic carbocycles. The van der Waals surface area contributed by atoms with Crippen molar-refractivity contribution in [3.63, 3.8) is 0 Å². The predicted octanol–water partition coefficient (Wildman–Crippen LogP) is 1.54. The topological polar surface area (TPSA) is 16.8 Å². The second-order valence-electron chi connectivity index (χ2n) is 2.70. The summed E-state index contributed by atoms with van der Waals surface area (Å²) >= 11 is 6.54. The zero-order valence-corrected chi connectivity index (χ0v) is 8.73. The van der Waals surface area contributed by atoms with Crippen molar-refractivity contribution in [2.45, 2.75) is 4.21 Å². The zero-order valence-electron chi connectivity index (χ0n) is 7.10. The van der Waals surface area contributed by atoms with Gasteiger partial charge in [0, 0.05) is 5.56 Å². The summed E-state index contributed by atoms with van der Waals surface area (Å²) in [6.45, 7) is 0. The number of hydrogen-bond acceptors (Lipinski definition) is 3. The third kappa shape index (κ3) is 1.55. The molecule has 0 spiro atoms. The molecule has 4 heteroatoms. The van der Waals surface area contributed by atoms with E-state index in [-0.39, 0.29) is 0 Å². The molecule has 0 aliphatic heterocycles. The summed E-state index contributed by atoms with van der Waals surface area (Å²) in [6, 6.07) is 10.1. The summed E-state index contributed by atoms with van der Waals surface area (Å²) in [4.78, 5) is 0. The third-order valence-corrected chi connectivity index (χ3v) is 2.91. The zero-order chi connectivity index (χ0) is 9.26. The molecule has 0 unspecified atom stereocenters. The van der Waals surface area contributed by atoms with E-state index in [9.17, 15) is 0 Å². The van der Waals surface area contributed by atoms with Gasteiger partial charge in [-0.25, -0.2) is 0 Å². The van der Waals surface area contributed by atoms with Gasteiger partial charge in [0.15, 0.2) is 7.05 Å². The van der Waals surface area contributed by atoms with Gasteiger partial charge in [-0.3, -0.25) is 0 Å². The Morgan fingerprint density at radius 2 is 2.00 bits per heavy atom. The first-order valence-corrected chi connectivity index (χ1v) is 5.05. The standard InChI is InChI=1S/C9H8N2S2/c1-11-8(9(12)13-10-11)7-5-3-2-4-6-7/h2-6H,1H3. The van der Waals surface area contributed by atoms with Crippen LogP contribution in [0.25, 0.3) is 11.3 Å². The average molecular weight is 208 g/mol. The van der Waals surface area contributed by atoms with Crippen LogP contribution >= 0.6 is 11.5 Å². The molecule has 0 fully saturated rings. The number of rotatable bonds is 1. The lowest BCUT2D eigenvalue weighted by molar-refractivity contribution is -0.713. The van der Waals surface area contributed by atoms with Crippen LogP contribution in [0.1, 0.15) is 0 Å². The molecular formula is C9H8N2S2. The fraction of sp³-hybridized carbons (Fsp3) is 0.111. The average Bonchev–Trinajstić information content (AvgIpc) is 2.48. The highest BCUT2D eigenvalue weighted by molar-refractivity contribution is 7.62. The van der Waals surface area contributed by atoms with Crippen molar-refractivity contribution >= 4 is 24.2 Å². The first kappa shape index (κ1) is 8.59. The van der Waals surface area contributed by atoms with E-state index >= 15 is 0 Å². The first-order chi connectivity index (χ1) is 6.29. The van der Waals surface area contributed by atoms with Gasteiger partial charge in [-0.15, -0.1) is 0 Å². The summed E-state index contributed by atoms with van der Waals surface area (Å²) in [6.07, 6.45) is 0. The van der Waals surface area contributed by atoms with Crippen LogP contribution in [-0.4, -0.2) is 4.49 Å². The van der Waals surface area contributed by atoms with Crippen LogP contribution in [0, 0.1) is 0 Å². The van der Waals surface area contributed by atoms with Gasteiger partial charge < -0.3 is 12.6 Å². The molecule has 0 aliphatic rings. The molecule has 0 radical (unpaired) electrons. The van der Waals surface area contributed by atoms with Gasteiger partial charge in [-0.1, -0.05) is 22.9 Å². The Labute approximate surface area is 86.4 Å². The Hall–Kier alpha value is -1.00. The summed E-state index contributed by atoms with van der Waals surface area (Å²) in [5, 5.41) is 0. The molecule has 66 valence electrons. The monoisotopic (exact) mass is 208 g/mol. The molecule has 0 amide bonds. The van der Waals surface area contributed by atoms with Gasteiger partial charge in [0.25, 0.3) is 0 Å². The molecule has 0 N–H and O–H groups in total. The Balaban J connectivity index is 2.59. The molecule has 0 saturated heterocycles. The lowest BCUT2D eigenvalue weighted by atomic mass is 10.2. The minimum atomic E-state index is 0.841. The molecule has 13 heavy (non-hydrogen) atoms. The first-order valence-electron chi connectivity index (χ1n) is 3.87. The second-order valence-corrected chi connectivity index (χ2v) is 4.12. The fourth-order valence-electron chi connectivity index (χ4n) is 1.22. The molecular weight excluding hydrogens is 200 g/mol. The van der Waals surface area contributed by atoms with Crippen molar-refractivity contribution in [3.05, 3.63) is 30.3 Å². The Morgan fingerprint density at radius 3 is 2.54 bits per heavy atom. The summed E-state index contributed by atoms with van der Waals surface area (Å²) in [5.41, 5.74) is 2.16. The van der Waals surface area contributed by atoms with E-state index < -0.39 is 0 Å². The number of hydrogen-bond donors (Lipinski definition) is 0. The third-order valence-electron chi connectivity index (χ3n) is 1.81. The minimum Gasteiger partial charge on any atom is -0.420 e. The van der Waals surface area contributed by atoms with Gasteiger partial charge in [0.05, 0.1) is 0 Å². The lowest BCUT2D eigenvalue weighted by Crippen LogP contribution is -2.31. The van der Waals surface area contributed by atoms with Gasteiger partial charge in [-0.05, 0) is 20.8 Å². The fourth-order valence-corrected chi connectivity index (χ4v) is 2.18. The van der Waals surface area contributed by atoms with E-state index in [0.717, 1.165) is 15.5 Å². The normalized spacial score (nSPS) is 10.2. The van der Waals surface area contributed by atoms with Crippen molar-refractivity contribution in [1.82, 2.24) is 4.49 Å². The smallest absolute Gasteiger partial charge is 0.228 e. The van der Waals surface area contributed by atoms with Crippen LogP contribution in [0.4, 0.5) is 0 Å². The molecule has 1 heterocycles. The highest BCUT2D eigenvalue weighted by Crippen LogP contribution is 2.20. The molecule has 1 aromatic heterocycles. The highest BCUT2D eigenvalue weighted by atomic mass is 32.2. The molecule has 0 saturated carbocycles. The van der Waals surface area contributed by atoms with Gasteiger partial charge >= 0.3 is 0 Å². The van der Waals surface area contributed by atoms with E-state index in [1.54, 1.807) is 0 Å². The van der Waals surface area contributed by atoms with Crippen LogP contribution in [0.5, 0.6) is 0 Å². The maximum absolute atomic E-state index is 5.19. The van der Waals surface area contributed by atoms with E-state index in [2.05, 4.69) is 4.49 Å². The maximum Gasteiger partial charge on any atom is 0.228 e. The maximum atomic E-state index is 5.19. The second kappa shape index (κ2) is 3.40. The lowest BCUT2D eigenvalue weighted by Gasteiger charge is -1.96. The largest absolute Gasteiger partial charge is 0.420 e. The number of aromatic nitrogens is 2. The van der Waals surface area contributed by atoms with E-state index in [0.29, 0.717) is 0 Å². The van der Waals surface area contributed by atoms with Crippen molar-refractivity contribution in [2.24, 2.45) is 7.05 Å².